The highest BCUT2D eigenvalue weighted by Crippen LogP contribution is 2.36. The SMILES string of the molecule is Cc1noc(C[C@H](c2ccc(Cl)cc2)[C@@H]2C=CC(=O)N2C(=O)OC(C)(C)C)c1[N+](=O)[O-]. The monoisotopic (exact) mass is 447 g/mol. The van der Waals surface area contributed by atoms with E-state index in [1.54, 1.807) is 51.1 Å². The first-order valence-electron chi connectivity index (χ1n) is 9.57. The number of halogens is 1. The van der Waals surface area contributed by atoms with Crippen LogP contribution in [0.5, 0.6) is 0 Å². The van der Waals surface area contributed by atoms with E-state index < -0.39 is 34.5 Å². The van der Waals surface area contributed by atoms with Gasteiger partial charge in [-0.1, -0.05) is 35.0 Å². The van der Waals surface area contributed by atoms with Crippen molar-refractivity contribution in [3.63, 3.8) is 0 Å². The van der Waals surface area contributed by atoms with Crippen LogP contribution in [0.4, 0.5) is 10.5 Å². The van der Waals surface area contributed by atoms with Crippen molar-refractivity contribution >= 4 is 29.3 Å². The number of nitro groups is 1. The first-order valence-corrected chi connectivity index (χ1v) is 9.95. The highest BCUT2D eigenvalue weighted by molar-refractivity contribution is 6.30. The summed E-state index contributed by atoms with van der Waals surface area (Å²) in [6, 6.07) is 6.08. The second-order valence-corrected chi connectivity index (χ2v) is 8.63. The zero-order valence-corrected chi connectivity index (χ0v) is 18.3. The van der Waals surface area contributed by atoms with Gasteiger partial charge in [0.05, 0.1) is 11.0 Å². The molecule has 0 saturated carbocycles. The molecule has 1 aromatic carbocycles. The Kier molecular flexibility index (Phi) is 6.17. The average Bonchev–Trinajstić information content (AvgIpc) is 3.21. The fourth-order valence-electron chi connectivity index (χ4n) is 3.46. The normalized spacial score (nSPS) is 17.1. The van der Waals surface area contributed by atoms with Gasteiger partial charge in [-0.2, -0.15) is 0 Å². The molecule has 0 radical (unpaired) electrons. The number of aryl methyl sites for hydroxylation is 1. The summed E-state index contributed by atoms with van der Waals surface area (Å²) >= 11 is 6.01. The van der Waals surface area contributed by atoms with Gasteiger partial charge in [0.25, 0.3) is 5.91 Å². The van der Waals surface area contributed by atoms with E-state index in [-0.39, 0.29) is 23.6 Å². The maximum absolute atomic E-state index is 12.8. The van der Waals surface area contributed by atoms with E-state index in [1.807, 2.05) is 0 Å². The first kappa shape index (κ1) is 22.5. The fraction of sp³-hybridized carbons (Fsp3) is 0.381. The quantitative estimate of drug-likeness (QED) is 0.486. The van der Waals surface area contributed by atoms with Crippen LogP contribution in [0.2, 0.25) is 5.02 Å². The summed E-state index contributed by atoms with van der Waals surface area (Å²) in [6.07, 6.45) is 2.10. The molecule has 0 saturated heterocycles. The van der Waals surface area contributed by atoms with Gasteiger partial charge in [0.2, 0.25) is 5.76 Å². The van der Waals surface area contributed by atoms with Crippen LogP contribution in [-0.2, 0) is 16.0 Å². The van der Waals surface area contributed by atoms with E-state index in [2.05, 4.69) is 5.16 Å². The van der Waals surface area contributed by atoms with Gasteiger partial charge >= 0.3 is 11.8 Å². The van der Waals surface area contributed by atoms with E-state index in [4.69, 9.17) is 20.9 Å². The van der Waals surface area contributed by atoms with Crippen molar-refractivity contribution in [3.8, 4) is 0 Å². The average molecular weight is 448 g/mol. The molecular weight excluding hydrogens is 426 g/mol. The fourth-order valence-corrected chi connectivity index (χ4v) is 3.58. The molecule has 2 atom stereocenters. The third-order valence-corrected chi connectivity index (χ3v) is 5.01. The van der Waals surface area contributed by atoms with Gasteiger partial charge in [-0.15, -0.1) is 0 Å². The molecule has 31 heavy (non-hydrogen) atoms. The van der Waals surface area contributed by atoms with E-state index >= 15 is 0 Å². The minimum atomic E-state index is -0.804. The summed E-state index contributed by atoms with van der Waals surface area (Å²) in [5, 5.41) is 15.7. The smallest absolute Gasteiger partial charge is 0.417 e. The van der Waals surface area contributed by atoms with Gasteiger partial charge in [-0.05, 0) is 45.4 Å². The lowest BCUT2D eigenvalue weighted by molar-refractivity contribution is -0.386. The van der Waals surface area contributed by atoms with Crippen molar-refractivity contribution in [2.24, 2.45) is 0 Å². The molecule has 0 aliphatic carbocycles. The van der Waals surface area contributed by atoms with Gasteiger partial charge in [0.15, 0.2) is 5.69 Å². The van der Waals surface area contributed by atoms with Crippen LogP contribution in [0.25, 0.3) is 0 Å². The van der Waals surface area contributed by atoms with Crippen LogP contribution in [0, 0.1) is 17.0 Å². The number of rotatable bonds is 5. The third-order valence-electron chi connectivity index (χ3n) is 4.76. The molecular formula is C21H22ClN3O6. The first-order chi connectivity index (χ1) is 14.5. The van der Waals surface area contributed by atoms with Crippen LogP contribution in [-0.4, -0.2) is 38.6 Å². The molecule has 2 heterocycles. The van der Waals surface area contributed by atoms with Crippen molar-refractivity contribution in [1.29, 1.82) is 0 Å². The number of imide groups is 1. The molecule has 0 bridgehead atoms. The number of hydrogen-bond donors (Lipinski definition) is 0. The number of nitrogens with zero attached hydrogens (tertiary/aromatic N) is 3. The van der Waals surface area contributed by atoms with Gasteiger partial charge < -0.3 is 9.26 Å². The molecule has 2 aromatic rings. The zero-order chi connectivity index (χ0) is 22.9. The predicted octanol–water partition coefficient (Wildman–Crippen LogP) is 4.57. The van der Waals surface area contributed by atoms with Crippen LogP contribution in [0.3, 0.4) is 0 Å². The van der Waals surface area contributed by atoms with Crippen molar-refractivity contribution in [3.05, 3.63) is 68.6 Å². The van der Waals surface area contributed by atoms with E-state index in [0.717, 1.165) is 4.90 Å². The second kappa shape index (κ2) is 8.50. The minimum Gasteiger partial charge on any atom is -0.443 e. The Balaban J connectivity index is 2.03. The molecule has 3 rings (SSSR count). The van der Waals surface area contributed by atoms with Crippen LogP contribution in [0.15, 0.2) is 40.9 Å². The molecule has 1 aliphatic rings. The Morgan fingerprint density at radius 3 is 2.58 bits per heavy atom. The van der Waals surface area contributed by atoms with Crippen LogP contribution < -0.4 is 0 Å². The molecule has 0 N–H and O–H groups in total. The Hall–Kier alpha value is -3.20. The molecule has 164 valence electrons. The molecule has 10 heteroatoms. The lowest BCUT2D eigenvalue weighted by Crippen LogP contribution is -2.45. The summed E-state index contributed by atoms with van der Waals surface area (Å²) in [6.45, 7) is 6.58. The Morgan fingerprint density at radius 2 is 2.00 bits per heavy atom. The van der Waals surface area contributed by atoms with Gasteiger partial charge in [-0.3, -0.25) is 14.9 Å². The van der Waals surface area contributed by atoms with E-state index in [1.165, 1.54) is 13.0 Å². The van der Waals surface area contributed by atoms with Gasteiger partial charge in [0.1, 0.15) is 5.60 Å². The number of carbonyl (C=O) groups is 2. The zero-order valence-electron chi connectivity index (χ0n) is 17.5. The Bertz CT molecular complexity index is 1040. The maximum atomic E-state index is 12.8. The van der Waals surface area contributed by atoms with Crippen molar-refractivity contribution in [1.82, 2.24) is 10.1 Å². The third kappa shape index (κ3) is 4.93. The molecule has 1 aromatic heterocycles. The number of amides is 2. The molecule has 0 unspecified atom stereocenters. The molecule has 0 spiro atoms. The molecule has 9 nitrogen and oxygen atoms in total. The summed E-state index contributed by atoms with van der Waals surface area (Å²) in [5.74, 6) is -1.03. The molecule has 1 aliphatic heterocycles. The Labute approximate surface area is 183 Å². The maximum Gasteiger partial charge on any atom is 0.417 e. The van der Waals surface area contributed by atoms with Crippen molar-refractivity contribution in [2.75, 3.05) is 0 Å². The van der Waals surface area contributed by atoms with Crippen molar-refractivity contribution < 1.29 is 23.8 Å². The summed E-state index contributed by atoms with van der Waals surface area (Å²) < 4.78 is 10.6. The summed E-state index contributed by atoms with van der Waals surface area (Å²) in [4.78, 5) is 37.3. The van der Waals surface area contributed by atoms with Gasteiger partial charge in [0, 0.05) is 23.4 Å². The van der Waals surface area contributed by atoms with Crippen LogP contribution in [0.1, 0.15) is 43.7 Å². The number of carbonyl (C=O) groups excluding carboxylic acids is 2. The topological polar surface area (TPSA) is 116 Å². The highest BCUT2D eigenvalue weighted by Gasteiger charge is 2.41. The number of ether oxygens (including phenoxy) is 1. The minimum absolute atomic E-state index is 0.0281. The number of benzene rings is 1. The standard InChI is InChI=1S/C21H22ClN3O6/c1-12-19(25(28)29)17(31-23-12)11-15(13-5-7-14(22)8-6-13)16-9-10-18(26)24(16)20(27)30-21(2,3)4/h5-10,15-16H,11H2,1-4H3/t15-,16+/m1/s1. The predicted molar refractivity (Wildman–Crippen MR) is 112 cm³/mol. The second-order valence-electron chi connectivity index (χ2n) is 8.20. The lowest BCUT2D eigenvalue weighted by Gasteiger charge is -2.31. The van der Waals surface area contributed by atoms with Crippen LogP contribution >= 0.6 is 11.6 Å². The van der Waals surface area contributed by atoms with E-state index in [0.29, 0.717) is 10.6 Å². The van der Waals surface area contributed by atoms with Gasteiger partial charge in [-0.25, -0.2) is 9.69 Å². The van der Waals surface area contributed by atoms with Crippen molar-refractivity contribution in [2.45, 2.75) is 51.7 Å². The lowest BCUT2D eigenvalue weighted by atomic mass is 9.87. The molecule has 0 fully saturated rings. The highest BCUT2D eigenvalue weighted by atomic mass is 35.5. The van der Waals surface area contributed by atoms with E-state index in [9.17, 15) is 19.7 Å². The summed E-state index contributed by atoms with van der Waals surface area (Å²) in [7, 11) is 0. The number of hydrogen-bond acceptors (Lipinski definition) is 7. The summed E-state index contributed by atoms with van der Waals surface area (Å²) in [5.41, 5.74) is -0.167. The largest absolute Gasteiger partial charge is 0.443 e. The molecule has 2 amide bonds. The Morgan fingerprint density at radius 1 is 1.35 bits per heavy atom. The number of aromatic nitrogens is 1.